The molecule has 2 N–H and O–H groups in total. The van der Waals surface area contributed by atoms with Gasteiger partial charge < -0.3 is 19.8 Å². The maximum Gasteiger partial charge on any atom is 0.356 e. The van der Waals surface area contributed by atoms with Crippen LogP contribution in [0.1, 0.15) is 59.8 Å². The molecule has 4 aliphatic rings. The van der Waals surface area contributed by atoms with Crippen LogP contribution in [0.2, 0.25) is 10.0 Å². The Hall–Kier alpha value is -2.79. The van der Waals surface area contributed by atoms with Crippen molar-refractivity contribution in [2.24, 2.45) is 0 Å². The fraction of sp³-hybridized carbons (Fsp3) is 0.400. The Balaban J connectivity index is 1.08. The number of piperidine rings is 1. The van der Waals surface area contributed by atoms with E-state index in [-0.39, 0.29) is 5.69 Å². The van der Waals surface area contributed by atoms with Crippen molar-refractivity contribution in [3.8, 4) is 11.3 Å². The highest BCUT2D eigenvalue weighted by Gasteiger charge is 2.46. The van der Waals surface area contributed by atoms with Gasteiger partial charge in [-0.3, -0.25) is 0 Å². The van der Waals surface area contributed by atoms with E-state index in [4.69, 9.17) is 27.7 Å². The number of benzene rings is 1. The van der Waals surface area contributed by atoms with Crippen molar-refractivity contribution in [3.05, 3.63) is 51.5 Å². The summed E-state index contributed by atoms with van der Waals surface area (Å²) in [5.41, 5.74) is 2.93. The molecule has 2 aliphatic heterocycles. The van der Waals surface area contributed by atoms with E-state index in [9.17, 15) is 9.90 Å². The quantitative estimate of drug-likeness (QED) is 0.303. The third-order valence-electron chi connectivity index (χ3n) is 7.53. The topological polar surface area (TPSA) is 117 Å². The molecule has 190 valence electrons. The van der Waals surface area contributed by atoms with Crippen molar-refractivity contribution < 1.29 is 14.4 Å². The maximum absolute atomic E-state index is 11.2. The molecular formula is C25H22Cl2N6O3S. The van der Waals surface area contributed by atoms with Crippen LogP contribution in [0.5, 0.6) is 0 Å². The fourth-order valence-electron chi connectivity index (χ4n) is 5.60. The van der Waals surface area contributed by atoms with E-state index >= 15 is 0 Å². The number of halogens is 2. The number of carboxylic acids is 1. The van der Waals surface area contributed by atoms with Crippen LogP contribution in [-0.4, -0.2) is 49.3 Å². The van der Waals surface area contributed by atoms with E-state index in [2.05, 4.69) is 30.3 Å². The van der Waals surface area contributed by atoms with Gasteiger partial charge in [-0.2, -0.15) is 4.98 Å². The minimum atomic E-state index is -1.09. The summed E-state index contributed by atoms with van der Waals surface area (Å²) in [5, 5.41) is 19.3. The maximum atomic E-state index is 11.2. The summed E-state index contributed by atoms with van der Waals surface area (Å²) in [4.78, 5) is 27.2. The number of nitrogens with zero attached hydrogens (tertiary/aromatic N) is 5. The molecule has 2 saturated heterocycles. The molecule has 5 heterocycles. The average molecular weight is 557 g/mol. The second kappa shape index (κ2) is 8.90. The van der Waals surface area contributed by atoms with E-state index in [1.807, 2.05) is 18.2 Å². The van der Waals surface area contributed by atoms with Gasteiger partial charge in [0, 0.05) is 41.7 Å². The number of hydrogen-bond donors (Lipinski definition) is 2. The molecule has 3 aromatic heterocycles. The van der Waals surface area contributed by atoms with Crippen LogP contribution in [0.3, 0.4) is 0 Å². The third-order valence-corrected chi connectivity index (χ3v) is 9.11. The highest BCUT2D eigenvalue weighted by Crippen LogP contribution is 2.47. The first kappa shape index (κ1) is 23.3. The Morgan fingerprint density at radius 1 is 1.16 bits per heavy atom. The van der Waals surface area contributed by atoms with Gasteiger partial charge in [0.15, 0.2) is 21.3 Å². The number of nitrogens with one attached hydrogen (secondary N) is 1. The second-order valence-corrected chi connectivity index (χ2v) is 11.7. The molecule has 0 radical (unpaired) electrons. The van der Waals surface area contributed by atoms with Crippen LogP contribution in [0.15, 0.2) is 28.9 Å². The Kier molecular flexibility index (Phi) is 5.62. The number of rotatable bonds is 7. The van der Waals surface area contributed by atoms with Crippen LogP contribution in [0.4, 0.5) is 5.13 Å². The minimum Gasteiger partial charge on any atom is -0.476 e. The average Bonchev–Trinajstić information content (AvgIpc) is 3.50. The summed E-state index contributed by atoms with van der Waals surface area (Å²) in [7, 11) is 0. The molecule has 1 aromatic carbocycles. The largest absolute Gasteiger partial charge is 0.476 e. The zero-order chi connectivity index (χ0) is 25.3. The Morgan fingerprint density at radius 2 is 1.92 bits per heavy atom. The van der Waals surface area contributed by atoms with Crippen molar-refractivity contribution in [1.82, 2.24) is 25.4 Å². The molecule has 2 unspecified atom stereocenters. The van der Waals surface area contributed by atoms with Crippen LogP contribution in [-0.2, 0) is 6.54 Å². The molecule has 12 heteroatoms. The first-order valence-corrected chi connectivity index (χ1v) is 13.8. The molecule has 8 rings (SSSR count). The van der Waals surface area contributed by atoms with Gasteiger partial charge in [-0.1, -0.05) is 45.8 Å². The number of hydrogen-bond acceptors (Lipinski definition) is 9. The van der Waals surface area contributed by atoms with E-state index < -0.39 is 5.97 Å². The number of aromatic nitrogens is 4. The van der Waals surface area contributed by atoms with E-state index in [1.54, 1.807) is 0 Å². The molecule has 2 atom stereocenters. The molecular weight excluding hydrogens is 535 g/mol. The van der Waals surface area contributed by atoms with Gasteiger partial charge in [0.2, 0.25) is 0 Å². The summed E-state index contributed by atoms with van der Waals surface area (Å²) < 4.78 is 5.81. The van der Waals surface area contributed by atoms with Gasteiger partial charge in [-0.05, 0) is 44.2 Å². The van der Waals surface area contributed by atoms with Gasteiger partial charge in [0.25, 0.3) is 0 Å². The van der Waals surface area contributed by atoms with Crippen LogP contribution in [0.25, 0.3) is 21.7 Å². The standard InChI is InChI=1S/C25H22Cl2N6O3S/c26-16-2-1-3-17(27)19(16)20-15(21(36-32-20)11-4-5-11)9-28-12-6-13-8-14(7-12)33(13)25-31-22-23(37-25)30-18(10-29-22)24(34)35/h1-3,10-14,28H,4-9H2,(H,34,35). The number of carbonyl (C=O) groups is 1. The first-order valence-electron chi connectivity index (χ1n) is 12.3. The molecule has 9 nitrogen and oxygen atoms in total. The summed E-state index contributed by atoms with van der Waals surface area (Å²) in [6, 6.07) is 6.57. The van der Waals surface area contributed by atoms with E-state index in [1.165, 1.54) is 17.5 Å². The summed E-state index contributed by atoms with van der Waals surface area (Å²) >= 11 is 14.4. The molecule has 4 fully saturated rings. The van der Waals surface area contributed by atoms with E-state index in [0.29, 0.717) is 51.1 Å². The van der Waals surface area contributed by atoms with Gasteiger partial charge in [0.05, 0.1) is 16.2 Å². The molecule has 0 spiro atoms. The smallest absolute Gasteiger partial charge is 0.356 e. The number of aromatic carboxylic acids is 1. The number of thiazole rings is 1. The number of carboxylic acid groups (broad SMARTS) is 1. The first-order chi connectivity index (χ1) is 18.0. The predicted octanol–water partition coefficient (Wildman–Crippen LogP) is 5.52. The van der Waals surface area contributed by atoms with Crippen molar-refractivity contribution in [2.75, 3.05) is 4.90 Å². The summed E-state index contributed by atoms with van der Waals surface area (Å²) in [5.74, 6) is 0.269. The van der Waals surface area contributed by atoms with E-state index in [0.717, 1.165) is 59.8 Å². The highest BCUT2D eigenvalue weighted by molar-refractivity contribution is 7.21. The predicted molar refractivity (Wildman–Crippen MR) is 141 cm³/mol. The number of fused-ring (bicyclic) bond motifs is 3. The Morgan fingerprint density at radius 3 is 2.62 bits per heavy atom. The fourth-order valence-corrected chi connectivity index (χ4v) is 7.22. The SMILES string of the molecule is O=C(O)c1cnc2nc(N3C4CC(NCc5c(-c6c(Cl)cccc6Cl)noc5C5CC5)CC3C4)sc2n1. The normalized spacial score (nSPS) is 22.9. The summed E-state index contributed by atoms with van der Waals surface area (Å²) in [6.45, 7) is 0.642. The second-order valence-electron chi connectivity index (χ2n) is 9.93. The van der Waals surface area contributed by atoms with Crippen molar-refractivity contribution in [2.45, 2.75) is 62.7 Å². The Bertz CT molecular complexity index is 1500. The van der Waals surface area contributed by atoms with Gasteiger partial charge in [-0.15, -0.1) is 0 Å². The lowest BCUT2D eigenvalue weighted by molar-refractivity contribution is 0.0690. The number of anilines is 1. The zero-order valence-corrected chi connectivity index (χ0v) is 21.9. The van der Waals surface area contributed by atoms with Crippen LogP contribution in [0, 0.1) is 0 Å². The lowest BCUT2D eigenvalue weighted by Gasteiger charge is -2.55. The monoisotopic (exact) mass is 556 g/mol. The molecule has 2 bridgehead atoms. The zero-order valence-electron chi connectivity index (χ0n) is 19.5. The third kappa shape index (κ3) is 4.06. The minimum absolute atomic E-state index is 0.0625. The lowest BCUT2D eigenvalue weighted by atomic mass is 9.77. The molecule has 0 amide bonds. The summed E-state index contributed by atoms with van der Waals surface area (Å²) in [6.07, 6.45) is 6.58. The molecule has 4 aromatic rings. The van der Waals surface area contributed by atoms with Crippen molar-refractivity contribution >= 4 is 56.1 Å². The van der Waals surface area contributed by atoms with Gasteiger partial charge >= 0.3 is 5.97 Å². The lowest BCUT2D eigenvalue weighted by Crippen LogP contribution is -2.64. The van der Waals surface area contributed by atoms with Crippen molar-refractivity contribution in [3.63, 3.8) is 0 Å². The van der Waals surface area contributed by atoms with Crippen LogP contribution < -0.4 is 10.2 Å². The van der Waals surface area contributed by atoms with Gasteiger partial charge in [0.1, 0.15) is 11.5 Å². The van der Waals surface area contributed by atoms with Crippen LogP contribution >= 0.6 is 34.5 Å². The van der Waals surface area contributed by atoms with Gasteiger partial charge in [-0.25, -0.2) is 14.8 Å². The Labute approximate surface area is 225 Å². The highest BCUT2D eigenvalue weighted by atomic mass is 35.5. The molecule has 2 saturated carbocycles. The van der Waals surface area contributed by atoms with Crippen molar-refractivity contribution in [1.29, 1.82) is 0 Å². The molecule has 37 heavy (non-hydrogen) atoms. The molecule has 2 aliphatic carbocycles.